The Morgan fingerprint density at radius 1 is 1.03 bits per heavy atom. The van der Waals surface area contributed by atoms with Crippen molar-refractivity contribution in [2.45, 2.75) is 18.8 Å². The number of carbonyl (C=O) groups is 2. The maximum atomic E-state index is 13.1. The number of carboxylic acid groups (broad SMARTS) is 1. The van der Waals surface area contributed by atoms with Crippen LogP contribution in [0, 0.1) is 0 Å². The summed E-state index contributed by atoms with van der Waals surface area (Å²) in [6, 6.07) is 14.6. The number of benzene rings is 2. The molecule has 2 aromatic carbocycles. The summed E-state index contributed by atoms with van der Waals surface area (Å²) in [7, 11) is 0. The highest BCUT2D eigenvalue weighted by atomic mass is 35.5. The number of amides is 1. The molecule has 0 aliphatic carbocycles. The van der Waals surface area contributed by atoms with Gasteiger partial charge in [0.05, 0.1) is 18.8 Å². The van der Waals surface area contributed by atoms with Crippen LogP contribution >= 0.6 is 11.6 Å². The lowest BCUT2D eigenvalue weighted by Gasteiger charge is -2.14. The fourth-order valence-electron chi connectivity index (χ4n) is 3.38. The van der Waals surface area contributed by atoms with Gasteiger partial charge in [-0.15, -0.1) is 0 Å². The van der Waals surface area contributed by atoms with Crippen LogP contribution in [0.15, 0.2) is 77.3 Å². The molecule has 0 bridgehead atoms. The summed E-state index contributed by atoms with van der Waals surface area (Å²) in [5, 5.41) is 12.1. The van der Waals surface area contributed by atoms with Crippen LogP contribution in [0.25, 0.3) is 22.8 Å². The minimum absolute atomic E-state index is 0.0732. The molecule has 12 heteroatoms. The average molecular weight is 546 g/mol. The van der Waals surface area contributed by atoms with Gasteiger partial charge in [-0.3, -0.25) is 4.79 Å². The van der Waals surface area contributed by atoms with Gasteiger partial charge in [-0.1, -0.05) is 41.9 Å². The van der Waals surface area contributed by atoms with Crippen LogP contribution in [0.3, 0.4) is 0 Å². The van der Waals surface area contributed by atoms with Crippen LogP contribution in [0.1, 0.15) is 21.6 Å². The molecule has 0 fully saturated rings. The van der Waals surface area contributed by atoms with Crippen molar-refractivity contribution in [2.24, 2.45) is 0 Å². The van der Waals surface area contributed by atoms with Gasteiger partial charge in [-0.05, 0) is 42.0 Å². The molecule has 0 spiro atoms. The molecule has 0 radical (unpaired) electrons. The summed E-state index contributed by atoms with van der Waals surface area (Å²) in [4.78, 5) is 33.0. The average Bonchev–Trinajstić information content (AvgIpc) is 3.34. The molecule has 2 heterocycles. The number of oxazole rings is 1. The van der Waals surface area contributed by atoms with Crippen LogP contribution in [-0.2, 0) is 22.3 Å². The number of aromatic nitrogens is 2. The molecule has 38 heavy (non-hydrogen) atoms. The van der Waals surface area contributed by atoms with E-state index in [1.54, 1.807) is 24.3 Å². The molecule has 0 aliphatic heterocycles. The van der Waals surface area contributed by atoms with Crippen molar-refractivity contribution in [3.05, 3.63) is 94.9 Å². The van der Waals surface area contributed by atoms with E-state index < -0.39 is 29.7 Å². The fraction of sp³-hybridized carbons (Fsp3) is 0.154. The van der Waals surface area contributed by atoms with Crippen molar-refractivity contribution in [1.82, 2.24) is 15.3 Å². The summed E-state index contributed by atoms with van der Waals surface area (Å²) >= 11 is 5.84. The first-order chi connectivity index (χ1) is 18.1. The largest absolute Gasteiger partial charge is 0.480 e. The van der Waals surface area contributed by atoms with Crippen LogP contribution in [0.2, 0.25) is 5.15 Å². The molecule has 2 N–H and O–H groups in total. The van der Waals surface area contributed by atoms with Crippen molar-refractivity contribution < 1.29 is 37.0 Å². The highest BCUT2D eigenvalue weighted by molar-refractivity contribution is 6.29. The van der Waals surface area contributed by atoms with E-state index in [9.17, 15) is 27.9 Å². The van der Waals surface area contributed by atoms with Gasteiger partial charge >= 0.3 is 12.1 Å². The van der Waals surface area contributed by atoms with Crippen molar-refractivity contribution in [3.8, 4) is 22.8 Å². The Bertz CT molecular complexity index is 1410. The molecule has 0 saturated carbocycles. The summed E-state index contributed by atoms with van der Waals surface area (Å²) in [5.74, 6) is -2.46. The molecule has 0 saturated heterocycles. The number of aliphatic carboxylic acids is 1. The summed E-state index contributed by atoms with van der Waals surface area (Å²) in [6.07, 6.45) is -3.22. The number of hydrogen-bond donors (Lipinski definition) is 2. The Morgan fingerprint density at radius 3 is 2.32 bits per heavy atom. The quantitative estimate of drug-likeness (QED) is 0.268. The van der Waals surface area contributed by atoms with E-state index >= 15 is 0 Å². The molecular weight excluding hydrogens is 527 g/mol. The van der Waals surface area contributed by atoms with Gasteiger partial charge in [0, 0.05) is 17.3 Å². The molecule has 0 unspecified atom stereocenters. The lowest BCUT2D eigenvalue weighted by atomic mass is 10.1. The molecule has 1 atom stereocenters. The number of carbonyl (C=O) groups excluding carboxylic acids is 1. The number of carboxylic acids is 1. The van der Waals surface area contributed by atoms with Crippen LogP contribution < -0.4 is 5.32 Å². The highest BCUT2D eigenvalue weighted by Gasteiger charge is 2.31. The molecule has 8 nitrogen and oxygen atoms in total. The monoisotopic (exact) mass is 545 g/mol. The molecule has 1 amide bonds. The second-order valence-corrected chi connectivity index (χ2v) is 8.39. The van der Waals surface area contributed by atoms with Crippen LogP contribution in [-0.4, -0.2) is 39.6 Å². The number of rotatable bonds is 9. The molecule has 0 aliphatic rings. The summed E-state index contributed by atoms with van der Waals surface area (Å²) < 4.78 is 50.1. The number of ether oxygens (including phenoxy) is 1. The van der Waals surface area contributed by atoms with Crippen molar-refractivity contribution in [2.75, 3.05) is 6.61 Å². The smallest absolute Gasteiger partial charge is 0.416 e. The molecular formula is C26H19ClF3N3O5. The van der Waals surface area contributed by atoms with Crippen LogP contribution in [0.4, 0.5) is 13.2 Å². The lowest BCUT2D eigenvalue weighted by molar-refractivity contribution is -0.141. The van der Waals surface area contributed by atoms with Gasteiger partial charge in [0.15, 0.2) is 17.5 Å². The number of halogens is 4. The van der Waals surface area contributed by atoms with Gasteiger partial charge in [0.2, 0.25) is 5.89 Å². The Kier molecular flexibility index (Phi) is 8.08. The Balaban J connectivity index is 1.60. The SMILES string of the molecule is O=C(N[C@@H](COCc1ccccc1)C(=O)O)c1nc(-c2ccc(C(F)(F)F)cc2)oc1-c1ccc(Cl)nc1. The predicted molar refractivity (Wildman–Crippen MR) is 130 cm³/mol. The zero-order valence-corrected chi connectivity index (χ0v) is 20.2. The number of pyridine rings is 1. The van der Waals surface area contributed by atoms with Gasteiger partial charge in [-0.25, -0.2) is 14.8 Å². The van der Waals surface area contributed by atoms with E-state index in [1.165, 1.54) is 18.3 Å². The topological polar surface area (TPSA) is 115 Å². The van der Waals surface area contributed by atoms with E-state index in [0.717, 1.165) is 29.8 Å². The minimum Gasteiger partial charge on any atom is -0.480 e. The minimum atomic E-state index is -4.53. The van der Waals surface area contributed by atoms with Crippen molar-refractivity contribution in [1.29, 1.82) is 0 Å². The fourth-order valence-corrected chi connectivity index (χ4v) is 3.49. The van der Waals surface area contributed by atoms with Gasteiger partial charge in [0.25, 0.3) is 5.91 Å². The third kappa shape index (κ3) is 6.55. The second-order valence-electron chi connectivity index (χ2n) is 8.01. The number of nitrogens with one attached hydrogen (secondary N) is 1. The third-order valence-electron chi connectivity index (χ3n) is 5.29. The van der Waals surface area contributed by atoms with Gasteiger partial charge in [0.1, 0.15) is 5.15 Å². The van der Waals surface area contributed by atoms with E-state index in [2.05, 4.69) is 15.3 Å². The predicted octanol–water partition coefficient (Wildman–Crippen LogP) is 5.48. The maximum absolute atomic E-state index is 13.1. The molecule has 2 aromatic heterocycles. The van der Waals surface area contributed by atoms with Crippen molar-refractivity contribution >= 4 is 23.5 Å². The molecule has 196 valence electrons. The first kappa shape index (κ1) is 26.8. The molecule has 4 aromatic rings. The Labute approximate surface area is 219 Å². The normalized spacial score (nSPS) is 12.2. The Hall–Kier alpha value is -4.22. The number of nitrogens with zero attached hydrogens (tertiary/aromatic N) is 2. The van der Waals surface area contributed by atoms with E-state index in [4.69, 9.17) is 20.8 Å². The first-order valence-electron chi connectivity index (χ1n) is 11.1. The zero-order chi connectivity index (χ0) is 27.3. The van der Waals surface area contributed by atoms with Gasteiger partial charge in [-0.2, -0.15) is 13.2 Å². The lowest BCUT2D eigenvalue weighted by Crippen LogP contribution is -2.44. The number of hydrogen-bond acceptors (Lipinski definition) is 6. The van der Waals surface area contributed by atoms with E-state index in [-0.39, 0.29) is 46.8 Å². The third-order valence-corrected chi connectivity index (χ3v) is 5.51. The van der Waals surface area contributed by atoms with Crippen molar-refractivity contribution in [3.63, 3.8) is 0 Å². The summed E-state index contributed by atoms with van der Waals surface area (Å²) in [5.41, 5.74) is 0.114. The Morgan fingerprint density at radius 2 is 1.71 bits per heavy atom. The summed E-state index contributed by atoms with van der Waals surface area (Å²) in [6.45, 7) is -0.207. The second kappa shape index (κ2) is 11.4. The highest BCUT2D eigenvalue weighted by Crippen LogP contribution is 2.33. The standard InChI is InChI=1S/C26H19ClF3N3O5/c27-20-11-8-17(12-31-20)22-21(33-24(38-22)16-6-9-18(10-7-16)26(28,29)30)23(34)32-19(25(35)36)14-37-13-15-4-2-1-3-5-15/h1-12,19H,13-14H2,(H,32,34)(H,35,36)/t19-/m0/s1. The van der Waals surface area contributed by atoms with E-state index in [0.29, 0.717) is 0 Å². The van der Waals surface area contributed by atoms with Crippen LogP contribution in [0.5, 0.6) is 0 Å². The maximum Gasteiger partial charge on any atom is 0.416 e. The van der Waals surface area contributed by atoms with Gasteiger partial charge < -0.3 is 19.6 Å². The number of alkyl halides is 3. The van der Waals surface area contributed by atoms with E-state index in [1.807, 2.05) is 6.07 Å². The molecule has 4 rings (SSSR count). The zero-order valence-electron chi connectivity index (χ0n) is 19.4. The first-order valence-corrected chi connectivity index (χ1v) is 11.5.